The molecule has 1 aromatic heterocycles. The first-order valence-electron chi connectivity index (χ1n) is 18.4. The lowest BCUT2D eigenvalue weighted by Gasteiger charge is -2.18. The van der Waals surface area contributed by atoms with E-state index < -0.39 is 0 Å². The molecule has 0 fully saturated rings. The van der Waals surface area contributed by atoms with Crippen molar-refractivity contribution in [3.05, 3.63) is 170 Å². The number of rotatable bonds is 2. The van der Waals surface area contributed by atoms with Gasteiger partial charge >= 0.3 is 0 Å². The largest absolute Gasteiger partial charge is 0.455 e. The summed E-state index contributed by atoms with van der Waals surface area (Å²) in [6, 6.07) is 63.3. The molecule has 0 N–H and O–H groups in total. The van der Waals surface area contributed by atoms with E-state index in [0.717, 1.165) is 21.9 Å². The van der Waals surface area contributed by atoms with Crippen LogP contribution < -0.4 is 0 Å². The van der Waals surface area contributed by atoms with E-state index in [1.54, 1.807) is 0 Å². The van der Waals surface area contributed by atoms with E-state index in [1.165, 1.54) is 108 Å². The molecule has 0 aliphatic rings. The highest BCUT2D eigenvalue weighted by atomic mass is 16.3. The topological polar surface area (TPSA) is 13.1 Å². The summed E-state index contributed by atoms with van der Waals surface area (Å²) in [5.74, 6) is 0. The Morgan fingerprint density at radius 2 is 0.774 bits per heavy atom. The molecule has 0 unspecified atom stereocenters. The fourth-order valence-electron chi connectivity index (χ4n) is 9.77. The average Bonchev–Trinajstić information content (AvgIpc) is 3.61. The number of hydrogen-bond acceptors (Lipinski definition) is 1. The molecule has 0 saturated carbocycles. The van der Waals surface area contributed by atoms with Crippen LogP contribution in [-0.2, 0) is 0 Å². The van der Waals surface area contributed by atoms with Crippen molar-refractivity contribution < 1.29 is 4.42 Å². The van der Waals surface area contributed by atoms with E-state index in [2.05, 4.69) is 170 Å². The van der Waals surface area contributed by atoms with Crippen LogP contribution in [0, 0.1) is 0 Å². The van der Waals surface area contributed by atoms with Crippen LogP contribution in [0.1, 0.15) is 0 Å². The van der Waals surface area contributed by atoms with Crippen molar-refractivity contribution in [3.63, 3.8) is 0 Å². The summed E-state index contributed by atoms with van der Waals surface area (Å²) in [6.45, 7) is 0. The van der Waals surface area contributed by atoms with Crippen LogP contribution in [0.15, 0.2) is 174 Å². The third-order valence-corrected chi connectivity index (χ3v) is 12.1. The molecule has 0 aliphatic heterocycles. The first-order chi connectivity index (χ1) is 26.3. The maximum absolute atomic E-state index is 6.76. The third-order valence-electron chi connectivity index (χ3n) is 12.1. The molecule has 0 saturated heterocycles. The summed E-state index contributed by atoms with van der Waals surface area (Å²) in [6.07, 6.45) is 0. The lowest BCUT2D eigenvalue weighted by molar-refractivity contribution is 0.673. The Labute approximate surface area is 303 Å². The van der Waals surface area contributed by atoms with E-state index in [0.29, 0.717) is 0 Å². The molecular weight excluding hydrogens is 641 g/mol. The molecular formula is C52H28O. The summed E-state index contributed by atoms with van der Waals surface area (Å²) in [5.41, 5.74) is 6.79. The van der Waals surface area contributed by atoms with E-state index in [9.17, 15) is 0 Å². The molecule has 1 heteroatoms. The van der Waals surface area contributed by atoms with Crippen LogP contribution in [0.4, 0.5) is 0 Å². The summed E-state index contributed by atoms with van der Waals surface area (Å²) in [4.78, 5) is 0. The van der Waals surface area contributed by atoms with Gasteiger partial charge in [-0.15, -0.1) is 0 Å². The van der Waals surface area contributed by atoms with Crippen LogP contribution in [-0.4, -0.2) is 0 Å². The molecule has 0 atom stereocenters. The normalized spacial score (nSPS) is 12.5. The van der Waals surface area contributed by atoms with Crippen LogP contribution in [0.5, 0.6) is 0 Å². The quantitative estimate of drug-likeness (QED) is 0.167. The van der Waals surface area contributed by atoms with Gasteiger partial charge in [-0.1, -0.05) is 146 Å². The molecule has 0 amide bonds. The van der Waals surface area contributed by atoms with Crippen molar-refractivity contribution in [3.8, 4) is 22.3 Å². The highest BCUT2D eigenvalue weighted by Crippen LogP contribution is 2.47. The predicted molar refractivity (Wildman–Crippen MR) is 227 cm³/mol. The minimum Gasteiger partial charge on any atom is -0.455 e. The van der Waals surface area contributed by atoms with Crippen LogP contribution >= 0.6 is 0 Å². The van der Waals surface area contributed by atoms with Crippen LogP contribution in [0.25, 0.3) is 130 Å². The molecule has 12 aromatic carbocycles. The molecule has 242 valence electrons. The lowest BCUT2D eigenvalue weighted by atomic mass is 9.85. The summed E-state index contributed by atoms with van der Waals surface area (Å²) in [7, 11) is 0. The van der Waals surface area contributed by atoms with Crippen molar-refractivity contribution in [1.29, 1.82) is 0 Å². The first kappa shape index (κ1) is 27.7. The molecule has 0 bridgehead atoms. The second-order valence-corrected chi connectivity index (χ2v) is 14.8. The second-order valence-electron chi connectivity index (χ2n) is 14.8. The molecule has 0 radical (unpaired) electrons. The molecule has 0 spiro atoms. The fraction of sp³-hybridized carbons (Fsp3) is 0. The monoisotopic (exact) mass is 668 g/mol. The fourth-order valence-corrected chi connectivity index (χ4v) is 9.77. The Bertz CT molecular complexity index is 3640. The number of furan rings is 1. The Hall–Kier alpha value is -6.96. The molecule has 1 heterocycles. The van der Waals surface area contributed by atoms with Gasteiger partial charge in [-0.05, 0) is 127 Å². The van der Waals surface area contributed by atoms with Crippen LogP contribution in [0.3, 0.4) is 0 Å². The van der Waals surface area contributed by atoms with E-state index >= 15 is 0 Å². The zero-order valence-corrected chi connectivity index (χ0v) is 28.6. The number of hydrogen-bond donors (Lipinski definition) is 0. The van der Waals surface area contributed by atoms with Gasteiger partial charge in [0.2, 0.25) is 0 Å². The van der Waals surface area contributed by atoms with Gasteiger partial charge in [0.25, 0.3) is 0 Å². The zero-order valence-electron chi connectivity index (χ0n) is 28.6. The molecule has 1 nitrogen and oxygen atoms in total. The van der Waals surface area contributed by atoms with Gasteiger partial charge in [-0.3, -0.25) is 0 Å². The van der Waals surface area contributed by atoms with Crippen LogP contribution in [0.2, 0.25) is 0 Å². The Balaban J connectivity index is 1.20. The first-order valence-corrected chi connectivity index (χ1v) is 18.4. The van der Waals surface area contributed by atoms with Gasteiger partial charge in [-0.25, -0.2) is 0 Å². The van der Waals surface area contributed by atoms with E-state index in [1.807, 2.05) is 0 Å². The minimum atomic E-state index is 0.915. The minimum absolute atomic E-state index is 0.915. The van der Waals surface area contributed by atoms with Crippen molar-refractivity contribution >= 4 is 108 Å². The highest BCUT2D eigenvalue weighted by molar-refractivity contribution is 6.30. The van der Waals surface area contributed by atoms with Crippen molar-refractivity contribution in [2.75, 3.05) is 0 Å². The zero-order chi connectivity index (χ0) is 34.4. The lowest BCUT2D eigenvalue weighted by Crippen LogP contribution is -1.91. The number of fused-ring (bicyclic) bond motifs is 7. The van der Waals surface area contributed by atoms with Gasteiger partial charge in [0.15, 0.2) is 0 Å². The Morgan fingerprint density at radius 3 is 1.47 bits per heavy atom. The van der Waals surface area contributed by atoms with Gasteiger partial charge in [-0.2, -0.15) is 0 Å². The van der Waals surface area contributed by atoms with Crippen molar-refractivity contribution in [2.24, 2.45) is 0 Å². The molecule has 13 aromatic rings. The van der Waals surface area contributed by atoms with Gasteiger partial charge in [0, 0.05) is 16.2 Å². The maximum Gasteiger partial charge on any atom is 0.143 e. The number of benzene rings is 12. The maximum atomic E-state index is 6.76. The summed E-state index contributed by atoms with van der Waals surface area (Å²) in [5, 5.41) is 22.7. The highest BCUT2D eigenvalue weighted by Gasteiger charge is 2.20. The summed E-state index contributed by atoms with van der Waals surface area (Å²) >= 11 is 0. The average molecular weight is 669 g/mol. The molecule has 53 heavy (non-hydrogen) atoms. The standard InChI is InChI=1S/C52H28O/c1-2-10-38-29(5-1)15-24-43-51-45-28-36(37-20-16-34-13-11-30-6-3-8-32-18-22-41(37)49(34)47(30)32)27-44(40(45)25-26-46(51)53-52(38)43)39-21-17-35-14-12-31-7-4-9-33-19-23-42(39)50(35)48(31)33/h1-28H. The summed E-state index contributed by atoms with van der Waals surface area (Å²) < 4.78 is 6.76. The van der Waals surface area contributed by atoms with E-state index in [-0.39, 0.29) is 0 Å². The van der Waals surface area contributed by atoms with Crippen molar-refractivity contribution in [1.82, 2.24) is 0 Å². The van der Waals surface area contributed by atoms with Gasteiger partial charge in [0.05, 0.1) is 0 Å². The molecule has 0 aliphatic carbocycles. The second kappa shape index (κ2) is 9.88. The van der Waals surface area contributed by atoms with Gasteiger partial charge in [0.1, 0.15) is 11.2 Å². The third kappa shape index (κ3) is 3.61. The van der Waals surface area contributed by atoms with E-state index in [4.69, 9.17) is 4.42 Å². The SMILES string of the molecule is c1ccc2c(c1)ccc1c2oc2ccc3c(-c4ccc5ccc6cccc7ccc4c5c67)cc(-c4ccc5ccc6cccc7ccc4c5c67)cc3c21. The Kier molecular flexibility index (Phi) is 5.17. The Morgan fingerprint density at radius 1 is 0.264 bits per heavy atom. The van der Waals surface area contributed by atoms with Crippen molar-refractivity contribution in [2.45, 2.75) is 0 Å². The molecule has 13 rings (SSSR count). The smallest absolute Gasteiger partial charge is 0.143 e. The van der Waals surface area contributed by atoms with Gasteiger partial charge < -0.3 is 4.42 Å². The predicted octanol–water partition coefficient (Wildman–Crippen LogP) is 15.0.